The average Bonchev–Trinajstić information content (AvgIpc) is 2.62. The first-order chi connectivity index (χ1) is 9.31. The van der Waals surface area contributed by atoms with Gasteiger partial charge in [0.05, 0.1) is 0 Å². The molecule has 3 heteroatoms. The summed E-state index contributed by atoms with van der Waals surface area (Å²) >= 11 is 3.65. The summed E-state index contributed by atoms with van der Waals surface area (Å²) < 4.78 is 1.18. The number of likely N-dealkylation sites (N-methyl/N-ethyl adjacent to an activating group) is 1. The fourth-order valence-electron chi connectivity index (χ4n) is 4.07. The van der Waals surface area contributed by atoms with Crippen LogP contribution in [-0.2, 0) is 6.54 Å². The lowest BCUT2D eigenvalue weighted by Crippen LogP contribution is -2.54. The molecule has 20 heavy (non-hydrogen) atoms. The fourth-order valence-corrected chi connectivity index (χ4v) is 4.48. The molecule has 0 saturated heterocycles. The number of nitrogens with zero attached hydrogens (tertiary/aromatic N) is 1. The Bertz CT molecular complexity index is 472. The van der Waals surface area contributed by atoms with E-state index in [2.05, 4.69) is 72.9 Å². The number of halogens is 1. The second-order valence-corrected chi connectivity index (χ2v) is 8.06. The van der Waals surface area contributed by atoms with Gasteiger partial charge in [0.25, 0.3) is 0 Å². The molecule has 1 aromatic rings. The zero-order valence-corrected chi connectivity index (χ0v) is 14.7. The molecule has 2 atom stereocenters. The summed E-state index contributed by atoms with van der Waals surface area (Å²) in [5.41, 5.74) is 8.07. The summed E-state index contributed by atoms with van der Waals surface area (Å²) in [6.07, 6.45) is 2.43. The van der Waals surface area contributed by atoms with Crippen LogP contribution >= 0.6 is 15.9 Å². The van der Waals surface area contributed by atoms with E-state index in [9.17, 15) is 0 Å². The second kappa shape index (κ2) is 5.78. The van der Waals surface area contributed by atoms with Crippen molar-refractivity contribution in [1.82, 2.24) is 4.90 Å². The molecular weight excluding hydrogens is 312 g/mol. The van der Waals surface area contributed by atoms with Crippen molar-refractivity contribution in [3.05, 3.63) is 34.3 Å². The smallest absolute Gasteiger partial charge is 0.0362 e. The number of hydrogen-bond acceptors (Lipinski definition) is 2. The van der Waals surface area contributed by atoms with Crippen LogP contribution < -0.4 is 5.73 Å². The normalized spacial score (nSPS) is 29.1. The van der Waals surface area contributed by atoms with Gasteiger partial charge >= 0.3 is 0 Å². The predicted molar refractivity (Wildman–Crippen MR) is 89.6 cm³/mol. The minimum absolute atomic E-state index is 0.124. The van der Waals surface area contributed by atoms with Crippen molar-refractivity contribution in [1.29, 1.82) is 0 Å². The highest BCUT2D eigenvalue weighted by Gasteiger charge is 2.49. The van der Waals surface area contributed by atoms with Crippen LogP contribution in [0.1, 0.15) is 39.2 Å². The van der Waals surface area contributed by atoms with E-state index in [4.69, 9.17) is 5.73 Å². The van der Waals surface area contributed by atoms with Gasteiger partial charge in [-0.15, -0.1) is 0 Å². The van der Waals surface area contributed by atoms with Gasteiger partial charge in [-0.1, -0.05) is 54.9 Å². The standard InChI is InChI=1S/C17H27BrN2/c1-13-9-16(2,3)11-17(13,12-19)20(4)10-14-7-5-6-8-15(14)18/h5-8,13H,9-12,19H2,1-4H3. The van der Waals surface area contributed by atoms with Crippen LogP contribution in [-0.4, -0.2) is 24.0 Å². The average molecular weight is 339 g/mol. The Labute approximate surface area is 131 Å². The van der Waals surface area contributed by atoms with Crippen LogP contribution in [0.25, 0.3) is 0 Å². The number of benzene rings is 1. The van der Waals surface area contributed by atoms with Crippen molar-refractivity contribution in [3.63, 3.8) is 0 Å². The molecule has 0 bridgehead atoms. The quantitative estimate of drug-likeness (QED) is 0.897. The van der Waals surface area contributed by atoms with Gasteiger partial charge in [0.1, 0.15) is 0 Å². The van der Waals surface area contributed by atoms with Gasteiger partial charge in [-0.3, -0.25) is 4.90 Å². The molecule has 1 aliphatic carbocycles. The molecule has 1 aliphatic rings. The Kier molecular flexibility index (Phi) is 4.63. The van der Waals surface area contributed by atoms with Crippen LogP contribution in [0.3, 0.4) is 0 Å². The van der Waals surface area contributed by atoms with E-state index in [0.717, 1.165) is 13.1 Å². The van der Waals surface area contributed by atoms with Gasteiger partial charge in [-0.05, 0) is 42.9 Å². The summed E-state index contributed by atoms with van der Waals surface area (Å²) in [5, 5.41) is 0. The van der Waals surface area contributed by atoms with Crippen molar-refractivity contribution in [2.45, 2.75) is 45.7 Å². The molecule has 2 N–H and O–H groups in total. The van der Waals surface area contributed by atoms with E-state index in [1.165, 1.54) is 22.9 Å². The van der Waals surface area contributed by atoms with Crippen LogP contribution in [0.5, 0.6) is 0 Å². The lowest BCUT2D eigenvalue weighted by atomic mass is 9.84. The van der Waals surface area contributed by atoms with Crippen LogP contribution in [0, 0.1) is 11.3 Å². The minimum atomic E-state index is 0.124. The summed E-state index contributed by atoms with van der Waals surface area (Å²) in [6, 6.07) is 8.47. The van der Waals surface area contributed by atoms with E-state index < -0.39 is 0 Å². The highest BCUT2D eigenvalue weighted by atomic mass is 79.9. The first-order valence-electron chi connectivity index (χ1n) is 7.45. The molecule has 0 heterocycles. The predicted octanol–water partition coefficient (Wildman–Crippen LogP) is 4.03. The molecule has 0 aromatic heterocycles. The Balaban J connectivity index is 2.22. The number of nitrogens with two attached hydrogens (primary N) is 1. The summed E-state index contributed by atoms with van der Waals surface area (Å²) in [6.45, 7) is 8.77. The molecular formula is C17H27BrN2. The number of hydrogen-bond donors (Lipinski definition) is 1. The monoisotopic (exact) mass is 338 g/mol. The van der Waals surface area contributed by atoms with Crippen molar-refractivity contribution in [3.8, 4) is 0 Å². The third kappa shape index (κ3) is 2.95. The molecule has 1 aromatic carbocycles. The molecule has 2 nitrogen and oxygen atoms in total. The third-order valence-electron chi connectivity index (χ3n) is 5.04. The fraction of sp³-hybridized carbons (Fsp3) is 0.647. The molecule has 2 rings (SSSR count). The van der Waals surface area contributed by atoms with E-state index in [-0.39, 0.29) is 5.54 Å². The zero-order valence-electron chi connectivity index (χ0n) is 13.1. The molecule has 0 aliphatic heterocycles. The van der Waals surface area contributed by atoms with E-state index in [0.29, 0.717) is 11.3 Å². The lowest BCUT2D eigenvalue weighted by Gasteiger charge is -2.42. The molecule has 1 fully saturated rings. The first kappa shape index (κ1) is 16.0. The highest BCUT2D eigenvalue weighted by molar-refractivity contribution is 9.10. The van der Waals surface area contributed by atoms with Gasteiger partial charge in [0.2, 0.25) is 0 Å². The lowest BCUT2D eigenvalue weighted by molar-refractivity contribution is 0.0784. The van der Waals surface area contributed by atoms with Crippen LogP contribution in [0.2, 0.25) is 0 Å². The molecule has 1 saturated carbocycles. The molecule has 0 amide bonds. The maximum atomic E-state index is 6.22. The van der Waals surface area contributed by atoms with Gasteiger partial charge in [-0.2, -0.15) is 0 Å². The van der Waals surface area contributed by atoms with Crippen molar-refractivity contribution in [2.75, 3.05) is 13.6 Å². The Morgan fingerprint density at radius 3 is 2.50 bits per heavy atom. The van der Waals surface area contributed by atoms with Crippen molar-refractivity contribution < 1.29 is 0 Å². The highest BCUT2D eigenvalue weighted by Crippen LogP contribution is 2.49. The van der Waals surface area contributed by atoms with E-state index in [1.54, 1.807) is 0 Å². The summed E-state index contributed by atoms with van der Waals surface area (Å²) in [4.78, 5) is 2.48. The summed E-state index contributed by atoms with van der Waals surface area (Å²) in [5.74, 6) is 0.634. The minimum Gasteiger partial charge on any atom is -0.329 e. The van der Waals surface area contributed by atoms with E-state index in [1.807, 2.05) is 0 Å². The maximum absolute atomic E-state index is 6.22. The van der Waals surface area contributed by atoms with Crippen LogP contribution in [0.4, 0.5) is 0 Å². The number of rotatable bonds is 4. The van der Waals surface area contributed by atoms with Crippen molar-refractivity contribution in [2.24, 2.45) is 17.1 Å². The van der Waals surface area contributed by atoms with Gasteiger partial charge in [0.15, 0.2) is 0 Å². The van der Waals surface area contributed by atoms with Crippen LogP contribution in [0.15, 0.2) is 28.7 Å². The Morgan fingerprint density at radius 2 is 2.00 bits per heavy atom. The van der Waals surface area contributed by atoms with Gasteiger partial charge in [-0.25, -0.2) is 0 Å². The molecule has 0 radical (unpaired) electrons. The second-order valence-electron chi connectivity index (χ2n) is 7.20. The largest absolute Gasteiger partial charge is 0.329 e. The molecule has 2 unspecified atom stereocenters. The third-order valence-corrected chi connectivity index (χ3v) is 5.81. The van der Waals surface area contributed by atoms with Gasteiger partial charge < -0.3 is 5.73 Å². The van der Waals surface area contributed by atoms with Gasteiger partial charge in [0, 0.05) is 23.1 Å². The van der Waals surface area contributed by atoms with E-state index >= 15 is 0 Å². The zero-order chi connectivity index (χ0) is 15.0. The maximum Gasteiger partial charge on any atom is 0.0362 e. The molecule has 112 valence electrons. The summed E-state index contributed by atoms with van der Waals surface area (Å²) in [7, 11) is 2.23. The topological polar surface area (TPSA) is 29.3 Å². The SMILES string of the molecule is CC1CC(C)(C)CC1(CN)N(C)Cc1ccccc1Br. The Morgan fingerprint density at radius 1 is 1.35 bits per heavy atom. The first-order valence-corrected chi connectivity index (χ1v) is 8.25. The molecule has 0 spiro atoms. The van der Waals surface area contributed by atoms with Crippen molar-refractivity contribution >= 4 is 15.9 Å². The Hall–Kier alpha value is -0.380.